The van der Waals surface area contributed by atoms with Crippen LogP contribution in [0.3, 0.4) is 0 Å². The molecule has 0 aliphatic heterocycles. The minimum atomic E-state index is 0.453. The third-order valence-corrected chi connectivity index (χ3v) is 5.55. The van der Waals surface area contributed by atoms with Crippen LogP contribution in [0.2, 0.25) is 5.02 Å². The standard InChI is InChI=1S/C23H23BrClNO3/c1-15-4-6-16(7-5-15)14-29-23-18(19(24)9-11-22(23)28-3)13-26-17-8-10-21(27-2)20(25)12-17/h4-12,26H,13-14H2,1-3H3. The van der Waals surface area contributed by atoms with E-state index in [1.807, 2.05) is 30.3 Å². The number of nitrogens with one attached hydrogen (secondary N) is 1. The van der Waals surface area contributed by atoms with E-state index in [0.29, 0.717) is 35.4 Å². The number of anilines is 1. The van der Waals surface area contributed by atoms with E-state index in [-0.39, 0.29) is 0 Å². The number of halogens is 2. The highest BCUT2D eigenvalue weighted by atomic mass is 79.9. The molecule has 0 aromatic heterocycles. The lowest BCUT2D eigenvalue weighted by molar-refractivity contribution is 0.281. The van der Waals surface area contributed by atoms with Crippen LogP contribution in [-0.2, 0) is 13.2 Å². The van der Waals surface area contributed by atoms with Crippen LogP contribution in [0.4, 0.5) is 5.69 Å². The van der Waals surface area contributed by atoms with E-state index in [2.05, 4.69) is 52.4 Å². The Balaban J connectivity index is 1.81. The molecule has 0 heterocycles. The van der Waals surface area contributed by atoms with Crippen molar-refractivity contribution in [2.45, 2.75) is 20.1 Å². The van der Waals surface area contributed by atoms with Crippen molar-refractivity contribution in [3.63, 3.8) is 0 Å². The molecule has 0 bridgehead atoms. The van der Waals surface area contributed by atoms with Crippen molar-refractivity contribution in [2.75, 3.05) is 19.5 Å². The number of hydrogen-bond donors (Lipinski definition) is 1. The minimum Gasteiger partial charge on any atom is -0.495 e. The predicted octanol–water partition coefficient (Wildman–Crippen LogP) is 6.62. The second-order valence-corrected chi connectivity index (χ2v) is 7.80. The molecule has 3 aromatic carbocycles. The maximum Gasteiger partial charge on any atom is 0.167 e. The minimum absolute atomic E-state index is 0.453. The molecule has 3 rings (SSSR count). The van der Waals surface area contributed by atoms with Crippen molar-refractivity contribution in [1.82, 2.24) is 0 Å². The van der Waals surface area contributed by atoms with Gasteiger partial charge in [-0.3, -0.25) is 0 Å². The first-order chi connectivity index (χ1) is 14.0. The number of rotatable bonds is 8. The molecular weight excluding hydrogens is 454 g/mol. The average Bonchev–Trinajstić information content (AvgIpc) is 2.72. The van der Waals surface area contributed by atoms with Crippen LogP contribution in [0.15, 0.2) is 59.1 Å². The fraction of sp³-hybridized carbons (Fsp3) is 0.217. The van der Waals surface area contributed by atoms with Crippen molar-refractivity contribution in [1.29, 1.82) is 0 Å². The molecule has 0 atom stereocenters. The summed E-state index contributed by atoms with van der Waals surface area (Å²) in [4.78, 5) is 0. The fourth-order valence-electron chi connectivity index (χ4n) is 2.87. The van der Waals surface area contributed by atoms with Crippen molar-refractivity contribution in [3.8, 4) is 17.2 Å². The summed E-state index contributed by atoms with van der Waals surface area (Å²) in [6.07, 6.45) is 0. The number of methoxy groups -OCH3 is 2. The summed E-state index contributed by atoms with van der Waals surface area (Å²) in [5, 5.41) is 3.94. The lowest BCUT2D eigenvalue weighted by Gasteiger charge is -2.18. The molecule has 6 heteroatoms. The molecule has 0 spiro atoms. The van der Waals surface area contributed by atoms with Crippen LogP contribution in [0.1, 0.15) is 16.7 Å². The van der Waals surface area contributed by atoms with E-state index in [1.165, 1.54) is 5.56 Å². The van der Waals surface area contributed by atoms with Gasteiger partial charge in [-0.2, -0.15) is 0 Å². The first kappa shape index (κ1) is 21.3. The monoisotopic (exact) mass is 475 g/mol. The van der Waals surface area contributed by atoms with Gasteiger partial charge in [0.1, 0.15) is 12.4 Å². The zero-order valence-corrected chi connectivity index (χ0v) is 18.9. The van der Waals surface area contributed by atoms with Crippen LogP contribution >= 0.6 is 27.5 Å². The van der Waals surface area contributed by atoms with Gasteiger partial charge in [-0.05, 0) is 42.8 Å². The average molecular weight is 477 g/mol. The zero-order chi connectivity index (χ0) is 20.8. The third kappa shape index (κ3) is 5.37. The Morgan fingerprint density at radius 2 is 1.62 bits per heavy atom. The van der Waals surface area contributed by atoms with Crippen LogP contribution < -0.4 is 19.5 Å². The van der Waals surface area contributed by atoms with Crippen molar-refractivity contribution in [2.24, 2.45) is 0 Å². The molecule has 1 N–H and O–H groups in total. The van der Waals surface area contributed by atoms with Crippen LogP contribution in [0.5, 0.6) is 17.2 Å². The maximum atomic E-state index is 6.23. The van der Waals surface area contributed by atoms with Gasteiger partial charge in [0.25, 0.3) is 0 Å². The van der Waals surface area contributed by atoms with Crippen LogP contribution in [0.25, 0.3) is 0 Å². The van der Waals surface area contributed by atoms with Crippen LogP contribution in [0, 0.1) is 6.92 Å². The van der Waals surface area contributed by atoms with Crippen molar-refractivity contribution < 1.29 is 14.2 Å². The zero-order valence-electron chi connectivity index (χ0n) is 16.6. The Kier molecular flexibility index (Phi) is 7.29. The summed E-state index contributed by atoms with van der Waals surface area (Å²) in [5.74, 6) is 2.03. The second-order valence-electron chi connectivity index (χ2n) is 6.53. The quantitative estimate of drug-likeness (QED) is 0.396. The lowest BCUT2D eigenvalue weighted by Crippen LogP contribution is -2.06. The summed E-state index contributed by atoms with van der Waals surface area (Å²) in [5.41, 5.74) is 4.16. The Labute approximate surface area is 184 Å². The Morgan fingerprint density at radius 3 is 2.28 bits per heavy atom. The first-order valence-corrected chi connectivity index (χ1v) is 10.3. The van der Waals surface area contributed by atoms with E-state index in [0.717, 1.165) is 21.3 Å². The van der Waals surface area contributed by atoms with Gasteiger partial charge in [0.15, 0.2) is 11.5 Å². The molecule has 0 fully saturated rings. The SMILES string of the molecule is COc1ccc(NCc2c(Br)ccc(OC)c2OCc2ccc(C)cc2)cc1Cl. The van der Waals surface area contributed by atoms with E-state index in [9.17, 15) is 0 Å². The van der Waals surface area contributed by atoms with Gasteiger partial charge < -0.3 is 19.5 Å². The highest BCUT2D eigenvalue weighted by molar-refractivity contribution is 9.10. The highest BCUT2D eigenvalue weighted by Crippen LogP contribution is 2.37. The van der Waals surface area contributed by atoms with E-state index in [1.54, 1.807) is 14.2 Å². The molecule has 0 saturated heterocycles. The molecule has 4 nitrogen and oxygen atoms in total. The van der Waals surface area contributed by atoms with Gasteiger partial charge in [0, 0.05) is 22.3 Å². The van der Waals surface area contributed by atoms with E-state index >= 15 is 0 Å². The molecular formula is C23H23BrClNO3. The number of aryl methyl sites for hydroxylation is 1. The molecule has 0 saturated carbocycles. The highest BCUT2D eigenvalue weighted by Gasteiger charge is 2.15. The molecule has 0 radical (unpaired) electrons. The summed E-state index contributed by atoms with van der Waals surface area (Å²) < 4.78 is 17.9. The first-order valence-electron chi connectivity index (χ1n) is 9.13. The molecule has 0 aliphatic carbocycles. The predicted molar refractivity (Wildman–Crippen MR) is 122 cm³/mol. The molecule has 152 valence electrons. The lowest BCUT2D eigenvalue weighted by atomic mass is 10.1. The van der Waals surface area contributed by atoms with Gasteiger partial charge >= 0.3 is 0 Å². The number of ether oxygens (including phenoxy) is 3. The second kappa shape index (κ2) is 9.90. The summed E-state index contributed by atoms with van der Waals surface area (Å²) >= 11 is 9.87. The van der Waals surface area contributed by atoms with Gasteiger partial charge in [-0.1, -0.05) is 57.4 Å². The van der Waals surface area contributed by atoms with Crippen molar-refractivity contribution in [3.05, 3.63) is 80.8 Å². The number of hydrogen-bond acceptors (Lipinski definition) is 4. The number of benzene rings is 3. The van der Waals surface area contributed by atoms with Crippen molar-refractivity contribution >= 4 is 33.2 Å². The van der Waals surface area contributed by atoms with Gasteiger partial charge in [-0.15, -0.1) is 0 Å². The summed E-state index contributed by atoms with van der Waals surface area (Å²) in [6, 6.07) is 17.7. The molecule has 0 amide bonds. The Bertz CT molecular complexity index is 977. The fourth-order valence-corrected chi connectivity index (χ4v) is 3.58. The summed E-state index contributed by atoms with van der Waals surface area (Å²) in [6.45, 7) is 3.05. The smallest absolute Gasteiger partial charge is 0.167 e. The van der Waals surface area contributed by atoms with E-state index in [4.69, 9.17) is 25.8 Å². The summed E-state index contributed by atoms with van der Waals surface area (Å²) in [7, 11) is 3.24. The topological polar surface area (TPSA) is 39.7 Å². The Hall–Kier alpha value is -2.37. The molecule has 3 aromatic rings. The Morgan fingerprint density at radius 1 is 0.931 bits per heavy atom. The molecule has 0 unspecified atom stereocenters. The largest absolute Gasteiger partial charge is 0.495 e. The van der Waals surface area contributed by atoms with E-state index < -0.39 is 0 Å². The normalized spacial score (nSPS) is 10.5. The van der Waals surface area contributed by atoms with Crippen LogP contribution in [-0.4, -0.2) is 14.2 Å². The van der Waals surface area contributed by atoms with Gasteiger partial charge in [0.2, 0.25) is 0 Å². The molecule has 0 aliphatic rings. The third-order valence-electron chi connectivity index (χ3n) is 4.51. The van der Waals surface area contributed by atoms with Gasteiger partial charge in [-0.25, -0.2) is 0 Å². The molecule has 29 heavy (non-hydrogen) atoms. The maximum absolute atomic E-state index is 6.23. The van der Waals surface area contributed by atoms with Gasteiger partial charge in [0.05, 0.1) is 19.2 Å².